The Bertz CT molecular complexity index is 522. The number of unbranched alkanes of at least 4 members (excludes halogenated alkanes) is 4. The zero-order valence-corrected chi connectivity index (χ0v) is 13.7. The molecule has 0 heterocycles. The molecule has 21 heavy (non-hydrogen) atoms. The van der Waals surface area contributed by atoms with Crippen LogP contribution in [0.2, 0.25) is 0 Å². The molecule has 2 aromatic carbocycles. The molecule has 114 valence electrons. The summed E-state index contributed by atoms with van der Waals surface area (Å²) in [6.07, 6.45) is 7.99. The summed E-state index contributed by atoms with van der Waals surface area (Å²) in [5, 5.41) is 2.72. The van der Waals surface area contributed by atoms with Crippen LogP contribution in [0.5, 0.6) is 0 Å². The largest absolute Gasteiger partial charge is 0.302 e. The van der Waals surface area contributed by atoms with E-state index >= 15 is 0 Å². The lowest BCUT2D eigenvalue weighted by Crippen LogP contribution is -3.07. The Kier molecular flexibility index (Phi) is 6.75. The molecule has 2 rings (SSSR count). The van der Waals surface area contributed by atoms with E-state index in [1.807, 2.05) is 0 Å². The molecule has 0 saturated heterocycles. The second-order valence-corrected chi connectivity index (χ2v) is 6.08. The topological polar surface area (TPSA) is 4.44 Å². The van der Waals surface area contributed by atoms with Gasteiger partial charge in [-0.1, -0.05) is 51.0 Å². The summed E-state index contributed by atoms with van der Waals surface area (Å²) in [4.78, 5) is 1.67. The normalized spacial score (nSPS) is 11.4. The number of hydrogen-bond donors (Lipinski definition) is 1. The molecule has 1 N–H and O–H groups in total. The van der Waals surface area contributed by atoms with E-state index in [-0.39, 0.29) is 0 Å². The molecule has 0 aromatic heterocycles. The van der Waals surface area contributed by atoms with Gasteiger partial charge in [-0.2, -0.15) is 0 Å². The van der Waals surface area contributed by atoms with Gasteiger partial charge in [0.05, 0.1) is 13.1 Å². The van der Waals surface area contributed by atoms with Gasteiger partial charge in [-0.3, -0.25) is 0 Å². The smallest absolute Gasteiger partial charge is 0.131 e. The van der Waals surface area contributed by atoms with E-state index in [9.17, 15) is 0 Å². The number of quaternary nitrogens is 1. The molecule has 0 spiro atoms. The molecule has 1 nitrogen and oxygen atoms in total. The van der Waals surface area contributed by atoms with E-state index in [0.29, 0.717) is 0 Å². The highest BCUT2D eigenvalue weighted by Crippen LogP contribution is 2.16. The van der Waals surface area contributed by atoms with Crippen molar-refractivity contribution in [3.8, 4) is 0 Å². The molecule has 0 unspecified atom stereocenters. The van der Waals surface area contributed by atoms with Crippen molar-refractivity contribution in [3.63, 3.8) is 0 Å². The number of rotatable bonds is 9. The first-order valence-corrected chi connectivity index (χ1v) is 8.69. The minimum absolute atomic E-state index is 1.27. The van der Waals surface area contributed by atoms with Crippen LogP contribution in [0.3, 0.4) is 0 Å². The van der Waals surface area contributed by atoms with Crippen LogP contribution < -0.4 is 4.90 Å². The Hall–Kier alpha value is -1.34. The van der Waals surface area contributed by atoms with Crippen LogP contribution in [0, 0.1) is 0 Å². The first-order valence-electron chi connectivity index (χ1n) is 8.69. The summed E-state index contributed by atoms with van der Waals surface area (Å²) in [6.45, 7) is 7.12. The van der Waals surface area contributed by atoms with E-state index in [4.69, 9.17) is 0 Å². The number of fused-ring (bicyclic) bond motifs is 1. The number of benzene rings is 2. The lowest BCUT2D eigenvalue weighted by molar-refractivity contribution is -0.833. The summed E-state index contributed by atoms with van der Waals surface area (Å²) in [7, 11) is 0. The minimum atomic E-state index is 1.27. The van der Waals surface area contributed by atoms with Crippen molar-refractivity contribution >= 4 is 16.5 Å². The highest BCUT2D eigenvalue weighted by atomic mass is 15.1. The van der Waals surface area contributed by atoms with E-state index in [1.54, 1.807) is 4.90 Å². The monoisotopic (exact) mass is 284 g/mol. The van der Waals surface area contributed by atoms with E-state index in [0.717, 1.165) is 0 Å². The second kappa shape index (κ2) is 8.84. The summed E-state index contributed by atoms with van der Waals surface area (Å²) >= 11 is 0. The molecule has 0 aliphatic heterocycles. The van der Waals surface area contributed by atoms with Gasteiger partial charge in [0.1, 0.15) is 5.69 Å². The van der Waals surface area contributed by atoms with Gasteiger partial charge in [0, 0.05) is 6.07 Å². The van der Waals surface area contributed by atoms with Crippen molar-refractivity contribution in [1.29, 1.82) is 0 Å². The molecule has 0 radical (unpaired) electrons. The molecule has 0 fully saturated rings. The Morgan fingerprint density at radius 3 is 1.95 bits per heavy atom. The van der Waals surface area contributed by atoms with Crippen LogP contribution in [0.15, 0.2) is 42.5 Å². The summed E-state index contributed by atoms with van der Waals surface area (Å²) in [5.41, 5.74) is 1.47. The Balaban J connectivity index is 2.11. The third kappa shape index (κ3) is 4.86. The molecule has 0 bridgehead atoms. The average molecular weight is 284 g/mol. The lowest BCUT2D eigenvalue weighted by Gasteiger charge is -2.19. The Morgan fingerprint density at radius 1 is 0.714 bits per heavy atom. The summed E-state index contributed by atoms with van der Waals surface area (Å²) < 4.78 is 0. The van der Waals surface area contributed by atoms with Gasteiger partial charge in [0.15, 0.2) is 0 Å². The van der Waals surface area contributed by atoms with Gasteiger partial charge in [-0.25, -0.2) is 0 Å². The third-order valence-electron chi connectivity index (χ3n) is 4.32. The van der Waals surface area contributed by atoms with Crippen LogP contribution in [-0.2, 0) is 0 Å². The van der Waals surface area contributed by atoms with Gasteiger partial charge >= 0.3 is 0 Å². The van der Waals surface area contributed by atoms with Crippen LogP contribution >= 0.6 is 0 Å². The maximum atomic E-state index is 2.39. The zero-order chi connectivity index (χ0) is 14.9. The van der Waals surface area contributed by atoms with Gasteiger partial charge in [0.2, 0.25) is 0 Å². The first-order chi connectivity index (χ1) is 10.3. The van der Waals surface area contributed by atoms with Crippen molar-refractivity contribution in [2.45, 2.75) is 52.4 Å². The van der Waals surface area contributed by atoms with Crippen molar-refractivity contribution in [2.24, 2.45) is 0 Å². The molecule has 1 heteroatoms. The fourth-order valence-electron chi connectivity index (χ4n) is 3.00. The fraction of sp³-hybridized carbons (Fsp3) is 0.500. The quantitative estimate of drug-likeness (QED) is 0.635. The predicted octanol–water partition coefficient (Wildman–Crippen LogP) is 4.74. The van der Waals surface area contributed by atoms with Gasteiger partial charge in [-0.15, -0.1) is 0 Å². The lowest BCUT2D eigenvalue weighted by atomic mass is 10.1. The summed E-state index contributed by atoms with van der Waals surface area (Å²) in [6, 6.07) is 15.7. The summed E-state index contributed by atoms with van der Waals surface area (Å²) in [5.74, 6) is 0. The van der Waals surface area contributed by atoms with Crippen molar-refractivity contribution in [1.82, 2.24) is 0 Å². The standard InChI is InChI=1S/C20H29N/c1-3-5-9-15-21(16-10-6-4-2)20-14-13-18-11-7-8-12-19(18)17-20/h7-8,11-14,17H,3-6,9-10,15-16H2,1-2H3/p+1. The molecule has 2 aromatic rings. The molecule has 0 amide bonds. The second-order valence-electron chi connectivity index (χ2n) is 6.08. The number of hydrogen-bond acceptors (Lipinski definition) is 0. The Morgan fingerprint density at radius 2 is 1.33 bits per heavy atom. The maximum absolute atomic E-state index is 2.39. The first kappa shape index (κ1) is 16.0. The third-order valence-corrected chi connectivity index (χ3v) is 4.32. The molecule has 0 saturated carbocycles. The zero-order valence-electron chi connectivity index (χ0n) is 13.7. The van der Waals surface area contributed by atoms with Crippen molar-refractivity contribution < 1.29 is 4.90 Å². The highest BCUT2D eigenvalue weighted by Gasteiger charge is 2.12. The minimum Gasteiger partial charge on any atom is -0.302 e. The predicted molar refractivity (Wildman–Crippen MR) is 93.4 cm³/mol. The van der Waals surface area contributed by atoms with Crippen LogP contribution in [-0.4, -0.2) is 13.1 Å². The van der Waals surface area contributed by atoms with Gasteiger partial charge in [-0.05, 0) is 48.6 Å². The highest BCUT2D eigenvalue weighted by molar-refractivity contribution is 5.84. The van der Waals surface area contributed by atoms with Crippen LogP contribution in [0.25, 0.3) is 10.8 Å². The average Bonchev–Trinajstić information content (AvgIpc) is 2.53. The van der Waals surface area contributed by atoms with Crippen LogP contribution in [0.1, 0.15) is 52.4 Å². The van der Waals surface area contributed by atoms with Crippen molar-refractivity contribution in [2.75, 3.05) is 13.1 Å². The van der Waals surface area contributed by atoms with Crippen LogP contribution in [0.4, 0.5) is 5.69 Å². The fourth-order valence-corrected chi connectivity index (χ4v) is 3.00. The van der Waals surface area contributed by atoms with Gasteiger partial charge < -0.3 is 4.90 Å². The SMILES string of the molecule is CCCCC[NH+](CCCCC)c1ccc2ccccc2c1. The maximum Gasteiger partial charge on any atom is 0.131 e. The number of nitrogens with one attached hydrogen (secondary N) is 1. The molecule has 0 aliphatic carbocycles. The van der Waals surface area contributed by atoms with Crippen molar-refractivity contribution in [3.05, 3.63) is 42.5 Å². The molecular formula is C20H30N+. The van der Waals surface area contributed by atoms with Gasteiger partial charge in [0.25, 0.3) is 0 Å². The molecule has 0 aliphatic rings. The molecule has 0 atom stereocenters. The Labute approximate surface area is 130 Å². The van der Waals surface area contributed by atoms with E-state index in [1.165, 1.54) is 68.1 Å². The van der Waals surface area contributed by atoms with E-state index < -0.39 is 0 Å². The van der Waals surface area contributed by atoms with E-state index in [2.05, 4.69) is 56.3 Å². The molecular weight excluding hydrogens is 254 g/mol.